The number of carbonyl (C=O) groups is 1. The highest BCUT2D eigenvalue weighted by Crippen LogP contribution is 2.20. The van der Waals surface area contributed by atoms with Crippen LogP contribution < -0.4 is 5.32 Å². The van der Waals surface area contributed by atoms with Crippen molar-refractivity contribution in [2.45, 2.75) is 44.8 Å². The van der Waals surface area contributed by atoms with Gasteiger partial charge >= 0.3 is 5.97 Å². The van der Waals surface area contributed by atoms with Crippen molar-refractivity contribution in [1.82, 2.24) is 15.1 Å². The van der Waals surface area contributed by atoms with Crippen LogP contribution in [0, 0.1) is 0 Å². The summed E-state index contributed by atoms with van der Waals surface area (Å²) in [6.45, 7) is 9.51. The normalized spacial score (nSPS) is 27.2. The molecule has 0 spiro atoms. The van der Waals surface area contributed by atoms with Crippen LogP contribution in [0.1, 0.15) is 26.7 Å². The molecule has 19 heavy (non-hydrogen) atoms. The maximum Gasteiger partial charge on any atom is 0.324 e. The van der Waals surface area contributed by atoms with Gasteiger partial charge in [-0.3, -0.25) is 14.6 Å². The van der Waals surface area contributed by atoms with Crippen molar-refractivity contribution < 1.29 is 9.53 Å². The molecule has 5 nitrogen and oxygen atoms in total. The number of ether oxygens (including phenoxy) is 1. The fourth-order valence-corrected chi connectivity index (χ4v) is 2.84. The molecule has 1 N–H and O–H groups in total. The zero-order valence-corrected chi connectivity index (χ0v) is 12.4. The third-order valence-corrected chi connectivity index (χ3v) is 4.20. The smallest absolute Gasteiger partial charge is 0.324 e. The number of esters is 1. The Morgan fingerprint density at radius 1 is 1.42 bits per heavy atom. The first-order valence-corrected chi connectivity index (χ1v) is 7.44. The minimum Gasteiger partial charge on any atom is -0.468 e. The highest BCUT2D eigenvalue weighted by Gasteiger charge is 2.32. The predicted octanol–water partition coefficient (Wildman–Crippen LogP) is 0.306. The van der Waals surface area contributed by atoms with Crippen LogP contribution in [-0.2, 0) is 9.53 Å². The molecule has 2 rings (SSSR count). The molecule has 1 aliphatic heterocycles. The van der Waals surface area contributed by atoms with E-state index in [4.69, 9.17) is 4.74 Å². The fraction of sp³-hybridized carbons (Fsp3) is 0.929. The Kier molecular flexibility index (Phi) is 5.19. The lowest BCUT2D eigenvalue weighted by Crippen LogP contribution is -2.56. The van der Waals surface area contributed by atoms with Crippen molar-refractivity contribution in [2.24, 2.45) is 0 Å². The molecule has 1 saturated carbocycles. The summed E-state index contributed by atoms with van der Waals surface area (Å²) < 4.78 is 4.91. The Hall–Kier alpha value is -0.650. The molecule has 0 aromatic carbocycles. The molecule has 1 aliphatic carbocycles. The highest BCUT2D eigenvalue weighted by atomic mass is 16.5. The molecule has 5 heteroatoms. The van der Waals surface area contributed by atoms with Gasteiger partial charge in [-0.05, 0) is 26.3 Å². The molecule has 2 aliphatic rings. The van der Waals surface area contributed by atoms with Crippen molar-refractivity contribution >= 4 is 5.97 Å². The van der Waals surface area contributed by atoms with E-state index in [1.807, 2.05) is 0 Å². The summed E-state index contributed by atoms with van der Waals surface area (Å²) in [4.78, 5) is 16.7. The zero-order valence-electron chi connectivity index (χ0n) is 12.4. The standard InChI is InChI=1S/C14H27N3O2/c1-4-17-8-7-16(9-11(17)2)10-13(14(18)19-3)15-12-5-6-12/h11-13,15H,4-10H2,1-3H3. The molecule has 1 saturated heterocycles. The summed E-state index contributed by atoms with van der Waals surface area (Å²) in [5, 5.41) is 3.40. The van der Waals surface area contributed by atoms with Gasteiger partial charge in [-0.2, -0.15) is 0 Å². The van der Waals surface area contributed by atoms with Crippen LogP contribution >= 0.6 is 0 Å². The molecule has 0 radical (unpaired) electrons. The maximum atomic E-state index is 11.8. The van der Waals surface area contributed by atoms with E-state index in [9.17, 15) is 4.79 Å². The molecule has 2 fully saturated rings. The maximum absolute atomic E-state index is 11.8. The summed E-state index contributed by atoms with van der Waals surface area (Å²) in [7, 11) is 1.47. The number of nitrogens with zero attached hydrogens (tertiary/aromatic N) is 2. The van der Waals surface area contributed by atoms with E-state index in [0.717, 1.165) is 32.7 Å². The van der Waals surface area contributed by atoms with Crippen LogP contribution in [0.15, 0.2) is 0 Å². The van der Waals surface area contributed by atoms with Crippen LogP contribution in [0.25, 0.3) is 0 Å². The molecule has 0 aromatic heterocycles. The topological polar surface area (TPSA) is 44.8 Å². The van der Waals surface area contributed by atoms with Crippen LogP contribution in [-0.4, -0.2) is 73.7 Å². The largest absolute Gasteiger partial charge is 0.468 e. The number of nitrogens with one attached hydrogen (secondary N) is 1. The van der Waals surface area contributed by atoms with E-state index >= 15 is 0 Å². The lowest BCUT2D eigenvalue weighted by Gasteiger charge is -2.40. The summed E-state index contributed by atoms with van der Waals surface area (Å²) in [5.41, 5.74) is 0. The Balaban J connectivity index is 1.84. The lowest BCUT2D eigenvalue weighted by atomic mass is 10.1. The van der Waals surface area contributed by atoms with Crippen molar-refractivity contribution in [1.29, 1.82) is 0 Å². The number of rotatable bonds is 6. The van der Waals surface area contributed by atoms with Gasteiger partial charge in [0, 0.05) is 38.3 Å². The zero-order chi connectivity index (χ0) is 13.8. The SMILES string of the molecule is CCN1CCN(CC(NC2CC2)C(=O)OC)CC1C. The summed E-state index contributed by atoms with van der Waals surface area (Å²) in [5.74, 6) is -0.127. The molecule has 1 heterocycles. The summed E-state index contributed by atoms with van der Waals surface area (Å²) in [6, 6.07) is 0.925. The van der Waals surface area contributed by atoms with Crippen LogP contribution in [0.5, 0.6) is 0 Å². The van der Waals surface area contributed by atoms with Gasteiger partial charge < -0.3 is 10.1 Å². The minimum absolute atomic E-state index is 0.127. The number of hydrogen-bond acceptors (Lipinski definition) is 5. The Morgan fingerprint density at radius 2 is 2.16 bits per heavy atom. The van der Waals surface area contributed by atoms with Gasteiger partial charge in [0.15, 0.2) is 0 Å². The molecule has 0 aromatic rings. The number of methoxy groups -OCH3 is 1. The van der Waals surface area contributed by atoms with E-state index in [2.05, 4.69) is 29.0 Å². The summed E-state index contributed by atoms with van der Waals surface area (Å²) >= 11 is 0. The first-order chi connectivity index (χ1) is 9.13. The number of piperazine rings is 1. The van der Waals surface area contributed by atoms with Gasteiger partial charge in [0.1, 0.15) is 6.04 Å². The van der Waals surface area contributed by atoms with Gasteiger partial charge in [0.05, 0.1) is 7.11 Å². The molecular formula is C14H27N3O2. The van der Waals surface area contributed by atoms with E-state index in [1.165, 1.54) is 20.0 Å². The van der Waals surface area contributed by atoms with Gasteiger partial charge in [-0.1, -0.05) is 6.92 Å². The van der Waals surface area contributed by atoms with Crippen LogP contribution in [0.3, 0.4) is 0 Å². The molecular weight excluding hydrogens is 242 g/mol. The molecule has 110 valence electrons. The fourth-order valence-electron chi connectivity index (χ4n) is 2.84. The summed E-state index contributed by atoms with van der Waals surface area (Å²) in [6.07, 6.45) is 2.38. The third-order valence-electron chi connectivity index (χ3n) is 4.20. The number of likely N-dealkylation sites (N-methyl/N-ethyl adjacent to an activating group) is 1. The van der Waals surface area contributed by atoms with E-state index in [1.54, 1.807) is 0 Å². The second-order valence-corrected chi connectivity index (χ2v) is 5.75. The van der Waals surface area contributed by atoms with Gasteiger partial charge in [-0.15, -0.1) is 0 Å². The quantitative estimate of drug-likeness (QED) is 0.703. The number of carbonyl (C=O) groups excluding carboxylic acids is 1. The predicted molar refractivity (Wildman–Crippen MR) is 75.1 cm³/mol. The van der Waals surface area contributed by atoms with E-state index in [-0.39, 0.29) is 12.0 Å². The third kappa shape index (κ3) is 4.16. The van der Waals surface area contributed by atoms with Crippen molar-refractivity contribution in [2.75, 3.05) is 39.8 Å². The van der Waals surface area contributed by atoms with Gasteiger partial charge in [0.2, 0.25) is 0 Å². The van der Waals surface area contributed by atoms with Crippen molar-refractivity contribution in [3.8, 4) is 0 Å². The first-order valence-electron chi connectivity index (χ1n) is 7.44. The number of hydrogen-bond donors (Lipinski definition) is 1. The van der Waals surface area contributed by atoms with Crippen LogP contribution in [0.4, 0.5) is 0 Å². The van der Waals surface area contributed by atoms with Crippen LogP contribution in [0.2, 0.25) is 0 Å². The Labute approximate surface area is 116 Å². The highest BCUT2D eigenvalue weighted by molar-refractivity contribution is 5.76. The average Bonchev–Trinajstić information content (AvgIpc) is 3.21. The monoisotopic (exact) mass is 269 g/mol. The second kappa shape index (κ2) is 6.68. The second-order valence-electron chi connectivity index (χ2n) is 5.75. The minimum atomic E-state index is -0.169. The Morgan fingerprint density at radius 3 is 2.68 bits per heavy atom. The Bertz CT molecular complexity index is 307. The van der Waals surface area contributed by atoms with E-state index in [0.29, 0.717) is 12.1 Å². The molecule has 0 amide bonds. The first kappa shape index (κ1) is 14.8. The van der Waals surface area contributed by atoms with E-state index < -0.39 is 0 Å². The average molecular weight is 269 g/mol. The van der Waals surface area contributed by atoms with Gasteiger partial charge in [0.25, 0.3) is 0 Å². The van der Waals surface area contributed by atoms with Crippen molar-refractivity contribution in [3.63, 3.8) is 0 Å². The van der Waals surface area contributed by atoms with Crippen molar-refractivity contribution in [3.05, 3.63) is 0 Å². The molecule has 0 bridgehead atoms. The molecule has 2 unspecified atom stereocenters. The lowest BCUT2D eigenvalue weighted by molar-refractivity contribution is -0.144. The molecule has 2 atom stereocenters. The van der Waals surface area contributed by atoms with Gasteiger partial charge in [-0.25, -0.2) is 0 Å².